The normalized spacial score (nSPS) is 13.8. The molecule has 1 fully saturated rings. The number of benzene rings is 1. The van der Waals surface area contributed by atoms with Crippen molar-refractivity contribution in [2.24, 2.45) is 0 Å². The van der Waals surface area contributed by atoms with E-state index in [2.05, 4.69) is 30.9 Å². The highest BCUT2D eigenvalue weighted by Crippen LogP contribution is 2.23. The van der Waals surface area contributed by atoms with Crippen molar-refractivity contribution < 1.29 is 9.59 Å². The summed E-state index contributed by atoms with van der Waals surface area (Å²) in [5.41, 5.74) is 1.90. The molecule has 1 aliphatic rings. The maximum atomic E-state index is 12.8. The molecule has 28 heavy (non-hydrogen) atoms. The molecule has 0 atom stereocenters. The minimum atomic E-state index is -0.170. The molecule has 1 saturated heterocycles. The number of hydrogen-bond acceptors (Lipinski definition) is 6. The minimum Gasteiger partial charge on any atom is -0.273 e. The third-order valence-electron chi connectivity index (χ3n) is 4.31. The quantitative estimate of drug-likeness (QED) is 0.600. The summed E-state index contributed by atoms with van der Waals surface area (Å²) >= 11 is 4.79. The molecule has 2 amide bonds. The van der Waals surface area contributed by atoms with Gasteiger partial charge < -0.3 is 0 Å². The maximum absolute atomic E-state index is 12.8. The van der Waals surface area contributed by atoms with Gasteiger partial charge in [0.25, 0.3) is 5.91 Å². The van der Waals surface area contributed by atoms with Crippen LogP contribution < -0.4 is 0 Å². The van der Waals surface area contributed by atoms with Crippen molar-refractivity contribution in [3.05, 3.63) is 64.0 Å². The van der Waals surface area contributed by atoms with Gasteiger partial charge in [-0.15, -0.1) is 11.3 Å². The van der Waals surface area contributed by atoms with Crippen molar-refractivity contribution in [3.63, 3.8) is 0 Å². The van der Waals surface area contributed by atoms with E-state index in [4.69, 9.17) is 0 Å². The van der Waals surface area contributed by atoms with Gasteiger partial charge in [-0.25, -0.2) is 9.99 Å². The molecule has 9 heteroatoms. The first kappa shape index (κ1) is 18.7. The average Bonchev–Trinajstić information content (AvgIpc) is 3.38. The first-order chi connectivity index (χ1) is 13.6. The van der Waals surface area contributed by atoms with Crippen molar-refractivity contribution in [2.75, 3.05) is 13.1 Å². The number of aromatic nitrogens is 3. The highest BCUT2D eigenvalue weighted by Gasteiger charge is 2.31. The number of hydrogen-bond donors (Lipinski definition) is 0. The molecule has 142 valence electrons. The summed E-state index contributed by atoms with van der Waals surface area (Å²) in [5.74, 6) is -0.309. The van der Waals surface area contributed by atoms with E-state index in [1.54, 1.807) is 30.7 Å². The Hall–Kier alpha value is -2.65. The second kappa shape index (κ2) is 8.15. The predicted molar refractivity (Wildman–Crippen MR) is 108 cm³/mol. The number of carbonyl (C=O) groups is 2. The second-order valence-electron chi connectivity index (χ2n) is 6.22. The Kier molecular flexibility index (Phi) is 5.45. The monoisotopic (exact) mass is 457 g/mol. The SMILES string of the molecule is O=C(Cc1csc(-c2cnccn2)n1)N1CCCN1C(=O)c1ccc(Br)cc1. The predicted octanol–water partition coefficient (Wildman–Crippen LogP) is 3.19. The minimum absolute atomic E-state index is 0.140. The third kappa shape index (κ3) is 3.95. The van der Waals surface area contributed by atoms with E-state index in [-0.39, 0.29) is 18.2 Å². The first-order valence-corrected chi connectivity index (χ1v) is 10.4. The Morgan fingerprint density at radius 1 is 1.11 bits per heavy atom. The summed E-state index contributed by atoms with van der Waals surface area (Å²) < 4.78 is 0.904. The Balaban J connectivity index is 1.46. The molecule has 0 radical (unpaired) electrons. The van der Waals surface area contributed by atoms with Gasteiger partial charge >= 0.3 is 0 Å². The summed E-state index contributed by atoms with van der Waals surface area (Å²) in [7, 11) is 0. The zero-order chi connectivity index (χ0) is 19.5. The summed E-state index contributed by atoms with van der Waals surface area (Å²) in [6.07, 6.45) is 5.75. The number of hydrazine groups is 1. The van der Waals surface area contributed by atoms with Gasteiger partial charge in [0.05, 0.1) is 18.3 Å². The number of thiazole rings is 1. The van der Waals surface area contributed by atoms with Gasteiger partial charge in [-0.05, 0) is 30.7 Å². The van der Waals surface area contributed by atoms with E-state index in [1.165, 1.54) is 21.4 Å². The van der Waals surface area contributed by atoms with Crippen LogP contribution in [0.3, 0.4) is 0 Å². The average molecular weight is 458 g/mol. The molecule has 0 bridgehead atoms. The van der Waals surface area contributed by atoms with Crippen LogP contribution in [0.15, 0.2) is 52.7 Å². The maximum Gasteiger partial charge on any atom is 0.272 e. The molecular weight excluding hydrogens is 442 g/mol. The lowest BCUT2D eigenvalue weighted by molar-refractivity contribution is -0.139. The Morgan fingerprint density at radius 2 is 1.89 bits per heavy atom. The van der Waals surface area contributed by atoms with Crippen LogP contribution in [-0.2, 0) is 11.2 Å². The molecule has 0 N–H and O–H groups in total. The molecule has 3 aromatic rings. The number of amides is 2. The molecule has 0 spiro atoms. The summed E-state index contributed by atoms with van der Waals surface area (Å²) in [5, 5.41) is 5.63. The standard InChI is InChI=1S/C19H16BrN5O2S/c20-14-4-2-13(3-5-14)19(27)25-9-1-8-24(25)17(26)10-15-12-28-18(23-15)16-11-21-6-7-22-16/h2-7,11-12H,1,8-10H2. The van der Waals surface area contributed by atoms with Gasteiger partial charge in [0.2, 0.25) is 5.91 Å². The smallest absolute Gasteiger partial charge is 0.272 e. The first-order valence-electron chi connectivity index (χ1n) is 8.70. The van der Waals surface area contributed by atoms with Crippen LogP contribution in [-0.4, -0.2) is 49.9 Å². The van der Waals surface area contributed by atoms with Crippen LogP contribution in [0.1, 0.15) is 22.5 Å². The number of carbonyl (C=O) groups excluding carboxylic acids is 2. The number of rotatable bonds is 4. The van der Waals surface area contributed by atoms with Crippen LogP contribution in [0, 0.1) is 0 Å². The lowest BCUT2D eigenvalue weighted by Gasteiger charge is -2.27. The van der Waals surface area contributed by atoms with Crippen molar-refractivity contribution in [3.8, 4) is 10.7 Å². The largest absolute Gasteiger partial charge is 0.273 e. The van der Waals surface area contributed by atoms with E-state index < -0.39 is 0 Å². The highest BCUT2D eigenvalue weighted by molar-refractivity contribution is 9.10. The summed E-state index contributed by atoms with van der Waals surface area (Å²) in [6, 6.07) is 7.14. The van der Waals surface area contributed by atoms with E-state index in [0.717, 1.165) is 15.9 Å². The van der Waals surface area contributed by atoms with E-state index in [9.17, 15) is 9.59 Å². The number of nitrogens with zero attached hydrogens (tertiary/aromatic N) is 5. The fourth-order valence-corrected chi connectivity index (χ4v) is 4.03. The Morgan fingerprint density at radius 3 is 2.64 bits per heavy atom. The zero-order valence-corrected chi connectivity index (χ0v) is 17.2. The van der Waals surface area contributed by atoms with Crippen molar-refractivity contribution in [2.45, 2.75) is 12.8 Å². The molecule has 0 aliphatic carbocycles. The van der Waals surface area contributed by atoms with E-state index >= 15 is 0 Å². The van der Waals surface area contributed by atoms with Gasteiger partial charge in [0, 0.05) is 40.9 Å². The molecule has 7 nitrogen and oxygen atoms in total. The zero-order valence-electron chi connectivity index (χ0n) is 14.8. The fraction of sp³-hybridized carbons (Fsp3) is 0.211. The van der Waals surface area contributed by atoms with Gasteiger partial charge in [0.1, 0.15) is 10.7 Å². The van der Waals surface area contributed by atoms with Crippen LogP contribution >= 0.6 is 27.3 Å². The molecule has 1 aliphatic heterocycles. The second-order valence-corrected chi connectivity index (χ2v) is 7.99. The van der Waals surface area contributed by atoms with Crippen molar-refractivity contribution in [1.82, 2.24) is 25.0 Å². The molecule has 1 aromatic carbocycles. The molecule has 3 heterocycles. The number of halogens is 1. The third-order valence-corrected chi connectivity index (χ3v) is 5.75. The fourth-order valence-electron chi connectivity index (χ4n) is 2.99. The molecular formula is C19H16BrN5O2S. The Labute approximate surface area is 174 Å². The van der Waals surface area contributed by atoms with Gasteiger partial charge in [0.15, 0.2) is 0 Å². The van der Waals surface area contributed by atoms with Gasteiger partial charge in [-0.3, -0.25) is 24.6 Å². The highest BCUT2D eigenvalue weighted by atomic mass is 79.9. The van der Waals surface area contributed by atoms with Crippen molar-refractivity contribution in [1.29, 1.82) is 0 Å². The summed E-state index contributed by atoms with van der Waals surface area (Å²) in [4.78, 5) is 38.4. The molecule has 4 rings (SSSR count). The Bertz CT molecular complexity index is 993. The lowest BCUT2D eigenvalue weighted by Crippen LogP contribution is -2.45. The van der Waals surface area contributed by atoms with E-state index in [1.807, 2.05) is 17.5 Å². The van der Waals surface area contributed by atoms with Crippen molar-refractivity contribution >= 4 is 39.1 Å². The van der Waals surface area contributed by atoms with E-state index in [0.29, 0.717) is 30.0 Å². The summed E-state index contributed by atoms with van der Waals surface area (Å²) in [6.45, 7) is 1.06. The van der Waals surface area contributed by atoms with Crippen LogP contribution in [0.4, 0.5) is 0 Å². The molecule has 0 unspecified atom stereocenters. The lowest BCUT2D eigenvalue weighted by atomic mass is 10.2. The molecule has 0 saturated carbocycles. The van der Waals surface area contributed by atoms with Crippen LogP contribution in [0.2, 0.25) is 0 Å². The topological polar surface area (TPSA) is 79.3 Å². The van der Waals surface area contributed by atoms with Crippen LogP contribution in [0.25, 0.3) is 10.7 Å². The van der Waals surface area contributed by atoms with Gasteiger partial charge in [-0.2, -0.15) is 0 Å². The van der Waals surface area contributed by atoms with Gasteiger partial charge in [-0.1, -0.05) is 15.9 Å². The van der Waals surface area contributed by atoms with Crippen LogP contribution in [0.5, 0.6) is 0 Å². The molecule has 2 aromatic heterocycles.